The van der Waals surface area contributed by atoms with Crippen molar-refractivity contribution in [3.05, 3.63) is 30.0 Å². The Hall–Kier alpha value is -2.01. The van der Waals surface area contributed by atoms with E-state index in [4.69, 9.17) is 10.5 Å². The van der Waals surface area contributed by atoms with Crippen molar-refractivity contribution in [2.24, 2.45) is 0 Å². The minimum atomic E-state index is -0.0693. The van der Waals surface area contributed by atoms with Gasteiger partial charge in [-0.25, -0.2) is 0 Å². The summed E-state index contributed by atoms with van der Waals surface area (Å²) in [6.45, 7) is 2.45. The number of carbonyl (C=O) groups is 1. The molecule has 1 aromatic carbocycles. The van der Waals surface area contributed by atoms with Gasteiger partial charge in [0.25, 0.3) is 5.91 Å². The Morgan fingerprint density at radius 3 is 2.89 bits per heavy atom. The van der Waals surface area contributed by atoms with Crippen LogP contribution in [0.2, 0.25) is 0 Å². The van der Waals surface area contributed by atoms with E-state index in [9.17, 15) is 4.79 Å². The van der Waals surface area contributed by atoms with Gasteiger partial charge in [0, 0.05) is 19.5 Å². The van der Waals surface area contributed by atoms with Crippen LogP contribution in [0.15, 0.2) is 24.3 Å². The molecule has 1 unspecified atom stereocenters. The Bertz CT molecular complexity index is 591. The second kappa shape index (κ2) is 5.32. The maximum Gasteiger partial charge on any atom is 0.270 e. The molecule has 1 atom stereocenters. The number of anilines is 1. The smallest absolute Gasteiger partial charge is 0.270 e. The number of carbonyl (C=O) groups excluding carboxylic acids is 1. The molecule has 0 aliphatic heterocycles. The molecule has 0 bridgehead atoms. The summed E-state index contributed by atoms with van der Waals surface area (Å²) in [5.41, 5.74) is 7.86. The molecule has 1 amide bonds. The van der Waals surface area contributed by atoms with Crippen molar-refractivity contribution >= 4 is 22.5 Å². The molecule has 1 heterocycles. The number of nitrogens with two attached hydrogens (primary N) is 1. The fourth-order valence-corrected chi connectivity index (χ4v) is 2.04. The molecule has 0 aliphatic rings. The Kier molecular flexibility index (Phi) is 3.76. The third-order valence-electron chi connectivity index (χ3n) is 3.31. The van der Waals surface area contributed by atoms with Crippen molar-refractivity contribution in [1.29, 1.82) is 0 Å². The number of amides is 1. The molecular weight excluding hydrogens is 242 g/mol. The number of aromatic amines is 1. The lowest BCUT2D eigenvalue weighted by Crippen LogP contribution is -2.37. The number of para-hydroxylation sites is 1. The van der Waals surface area contributed by atoms with Crippen molar-refractivity contribution in [3.8, 4) is 0 Å². The number of hydrogen-bond acceptors (Lipinski definition) is 3. The lowest BCUT2D eigenvalue weighted by atomic mass is 10.2. The number of benzene rings is 1. The van der Waals surface area contributed by atoms with E-state index in [1.165, 1.54) is 0 Å². The van der Waals surface area contributed by atoms with Crippen LogP contribution in [0, 0.1) is 0 Å². The van der Waals surface area contributed by atoms with E-state index in [0.717, 1.165) is 10.9 Å². The fraction of sp³-hybridized carbons (Fsp3) is 0.357. The van der Waals surface area contributed by atoms with Gasteiger partial charge >= 0.3 is 0 Å². The van der Waals surface area contributed by atoms with Crippen LogP contribution in [0.4, 0.5) is 5.69 Å². The molecule has 0 radical (unpaired) electrons. The molecular formula is C14H19N3O2. The molecule has 19 heavy (non-hydrogen) atoms. The van der Waals surface area contributed by atoms with E-state index >= 15 is 0 Å². The number of nitrogens with zero attached hydrogens (tertiary/aromatic N) is 1. The number of likely N-dealkylation sites (N-methyl/N-ethyl adjacent to an activating group) is 1. The predicted octanol–water partition coefficient (Wildman–Crippen LogP) is 1.86. The molecule has 102 valence electrons. The molecule has 2 aromatic rings. The largest absolute Gasteiger partial charge is 0.397 e. The molecule has 1 aromatic heterocycles. The van der Waals surface area contributed by atoms with Crippen LogP contribution in [0.25, 0.3) is 10.9 Å². The van der Waals surface area contributed by atoms with Crippen molar-refractivity contribution in [3.63, 3.8) is 0 Å². The highest BCUT2D eigenvalue weighted by atomic mass is 16.5. The summed E-state index contributed by atoms with van der Waals surface area (Å²) < 4.78 is 5.06. The van der Waals surface area contributed by atoms with Crippen molar-refractivity contribution in [2.45, 2.75) is 13.0 Å². The minimum absolute atomic E-state index is 0.0151. The molecule has 0 spiro atoms. The van der Waals surface area contributed by atoms with Gasteiger partial charge in [-0.1, -0.05) is 12.1 Å². The number of aromatic nitrogens is 1. The molecule has 5 nitrogen and oxygen atoms in total. The first kappa shape index (κ1) is 13.4. The monoisotopic (exact) mass is 261 g/mol. The van der Waals surface area contributed by atoms with E-state index in [2.05, 4.69) is 4.98 Å². The number of nitrogen functional groups attached to an aromatic ring is 1. The average molecular weight is 261 g/mol. The Balaban J connectivity index is 2.29. The number of ether oxygens (including phenoxy) is 1. The molecule has 5 heteroatoms. The van der Waals surface area contributed by atoms with E-state index in [1.807, 2.05) is 31.2 Å². The normalized spacial score (nSPS) is 12.6. The summed E-state index contributed by atoms with van der Waals surface area (Å²) in [5, 5.41) is 0.941. The second-order valence-electron chi connectivity index (χ2n) is 4.71. The van der Waals surface area contributed by atoms with Gasteiger partial charge in [0.15, 0.2) is 0 Å². The Morgan fingerprint density at radius 1 is 1.53 bits per heavy atom. The van der Waals surface area contributed by atoms with Gasteiger partial charge < -0.3 is 20.4 Å². The standard InChI is InChI=1S/C14H19N3O2/c1-9(8-19-3)17(2)14(18)12-7-10-5-4-6-11(15)13(10)16-12/h4-7,9,16H,8,15H2,1-3H3. The first-order valence-electron chi connectivity index (χ1n) is 6.18. The summed E-state index contributed by atoms with van der Waals surface area (Å²) in [6.07, 6.45) is 0. The highest BCUT2D eigenvalue weighted by Gasteiger charge is 2.19. The number of nitrogens with one attached hydrogen (secondary N) is 1. The number of H-pyrrole nitrogens is 1. The van der Waals surface area contributed by atoms with Crippen LogP contribution < -0.4 is 5.73 Å². The molecule has 0 saturated carbocycles. The maximum atomic E-state index is 12.3. The number of rotatable bonds is 4. The van der Waals surface area contributed by atoms with Crippen LogP contribution in [-0.2, 0) is 4.74 Å². The van der Waals surface area contributed by atoms with Crippen LogP contribution in [-0.4, -0.2) is 42.6 Å². The maximum absolute atomic E-state index is 12.3. The molecule has 0 fully saturated rings. The lowest BCUT2D eigenvalue weighted by Gasteiger charge is -2.23. The van der Waals surface area contributed by atoms with Gasteiger partial charge in [-0.15, -0.1) is 0 Å². The third kappa shape index (κ3) is 2.56. The van der Waals surface area contributed by atoms with Gasteiger partial charge in [-0.3, -0.25) is 4.79 Å². The summed E-state index contributed by atoms with van der Waals surface area (Å²) in [4.78, 5) is 17.1. The van der Waals surface area contributed by atoms with Crippen molar-refractivity contribution in [1.82, 2.24) is 9.88 Å². The highest BCUT2D eigenvalue weighted by Crippen LogP contribution is 2.22. The highest BCUT2D eigenvalue weighted by molar-refractivity contribution is 6.00. The Morgan fingerprint density at radius 2 is 2.26 bits per heavy atom. The number of methoxy groups -OCH3 is 1. The zero-order valence-electron chi connectivity index (χ0n) is 11.4. The fourth-order valence-electron chi connectivity index (χ4n) is 2.04. The lowest BCUT2D eigenvalue weighted by molar-refractivity contribution is 0.0629. The van der Waals surface area contributed by atoms with Gasteiger partial charge in [0.1, 0.15) is 5.69 Å². The number of fused-ring (bicyclic) bond motifs is 1. The zero-order valence-corrected chi connectivity index (χ0v) is 11.4. The van der Waals surface area contributed by atoms with Gasteiger partial charge in [-0.2, -0.15) is 0 Å². The summed E-state index contributed by atoms with van der Waals surface area (Å²) in [6, 6.07) is 7.45. The van der Waals surface area contributed by atoms with E-state index in [-0.39, 0.29) is 11.9 Å². The van der Waals surface area contributed by atoms with Crippen LogP contribution in [0.5, 0.6) is 0 Å². The van der Waals surface area contributed by atoms with Gasteiger partial charge in [0.05, 0.1) is 23.9 Å². The molecule has 0 aliphatic carbocycles. The first-order chi connectivity index (χ1) is 9.04. The van der Waals surface area contributed by atoms with Crippen molar-refractivity contribution < 1.29 is 9.53 Å². The SMILES string of the molecule is COCC(C)N(C)C(=O)c1cc2cccc(N)c2[nH]1. The number of hydrogen-bond donors (Lipinski definition) is 2. The molecule has 2 rings (SSSR count). The molecule has 0 saturated heterocycles. The summed E-state index contributed by atoms with van der Waals surface area (Å²) in [5.74, 6) is -0.0693. The predicted molar refractivity (Wildman–Crippen MR) is 76.1 cm³/mol. The molecule has 3 N–H and O–H groups in total. The average Bonchev–Trinajstić information content (AvgIpc) is 2.82. The van der Waals surface area contributed by atoms with Crippen LogP contribution in [0.1, 0.15) is 17.4 Å². The topological polar surface area (TPSA) is 71.3 Å². The van der Waals surface area contributed by atoms with Crippen molar-refractivity contribution in [2.75, 3.05) is 26.5 Å². The van der Waals surface area contributed by atoms with Gasteiger partial charge in [-0.05, 0) is 19.1 Å². The van der Waals surface area contributed by atoms with Crippen LogP contribution >= 0.6 is 0 Å². The zero-order chi connectivity index (χ0) is 14.0. The van der Waals surface area contributed by atoms with E-state index in [0.29, 0.717) is 18.0 Å². The summed E-state index contributed by atoms with van der Waals surface area (Å²) in [7, 11) is 3.39. The van der Waals surface area contributed by atoms with E-state index < -0.39 is 0 Å². The van der Waals surface area contributed by atoms with Crippen LogP contribution in [0.3, 0.4) is 0 Å². The quantitative estimate of drug-likeness (QED) is 0.825. The summed E-state index contributed by atoms with van der Waals surface area (Å²) >= 11 is 0. The minimum Gasteiger partial charge on any atom is -0.397 e. The third-order valence-corrected chi connectivity index (χ3v) is 3.31. The Labute approximate surface area is 112 Å². The first-order valence-corrected chi connectivity index (χ1v) is 6.18. The van der Waals surface area contributed by atoms with Gasteiger partial charge in [0.2, 0.25) is 0 Å². The van der Waals surface area contributed by atoms with E-state index in [1.54, 1.807) is 19.1 Å². The second-order valence-corrected chi connectivity index (χ2v) is 4.71.